The fourth-order valence-electron chi connectivity index (χ4n) is 1.78. The van der Waals surface area contributed by atoms with Crippen molar-refractivity contribution in [3.8, 4) is 11.3 Å². The molecule has 2 aromatic rings. The second-order valence-electron chi connectivity index (χ2n) is 3.96. The van der Waals surface area contributed by atoms with Crippen LogP contribution in [-0.2, 0) is 0 Å². The number of aromatic nitrogens is 2. The van der Waals surface area contributed by atoms with Gasteiger partial charge in [-0.25, -0.2) is 9.97 Å². The van der Waals surface area contributed by atoms with Crippen molar-refractivity contribution in [1.82, 2.24) is 9.97 Å². The normalized spacial score (nSPS) is 10.5. The number of hydrogen-bond donors (Lipinski definition) is 0. The fraction of sp³-hybridized carbons (Fsp3) is 0.231. The standard InChI is InChI=1S/C13H13ClN2/c1-8-4-5-11(9(2)6-8)12-10(3)13(14)16-7-15-12/h4-7H,1-3H3. The highest BCUT2D eigenvalue weighted by molar-refractivity contribution is 6.30. The van der Waals surface area contributed by atoms with Gasteiger partial charge in [-0.1, -0.05) is 35.4 Å². The van der Waals surface area contributed by atoms with E-state index in [9.17, 15) is 0 Å². The predicted octanol–water partition coefficient (Wildman–Crippen LogP) is 3.72. The zero-order chi connectivity index (χ0) is 11.7. The molecule has 0 atom stereocenters. The molecule has 2 nitrogen and oxygen atoms in total. The third-order valence-electron chi connectivity index (χ3n) is 2.66. The van der Waals surface area contributed by atoms with Gasteiger partial charge in [0.2, 0.25) is 0 Å². The van der Waals surface area contributed by atoms with Crippen molar-refractivity contribution in [2.45, 2.75) is 20.8 Å². The van der Waals surface area contributed by atoms with E-state index in [1.807, 2.05) is 6.92 Å². The van der Waals surface area contributed by atoms with E-state index in [1.54, 1.807) is 0 Å². The minimum atomic E-state index is 0.518. The quantitative estimate of drug-likeness (QED) is 0.701. The average molecular weight is 233 g/mol. The summed E-state index contributed by atoms with van der Waals surface area (Å²) in [6.07, 6.45) is 1.50. The van der Waals surface area contributed by atoms with Gasteiger partial charge in [-0.3, -0.25) is 0 Å². The molecule has 0 saturated carbocycles. The molecule has 0 aliphatic carbocycles. The first-order valence-corrected chi connectivity index (χ1v) is 5.52. The summed E-state index contributed by atoms with van der Waals surface area (Å²) in [6, 6.07) is 6.30. The molecule has 1 heterocycles. The van der Waals surface area contributed by atoms with E-state index in [-0.39, 0.29) is 0 Å². The number of rotatable bonds is 1. The molecular weight excluding hydrogens is 220 g/mol. The predicted molar refractivity (Wildman–Crippen MR) is 66.7 cm³/mol. The van der Waals surface area contributed by atoms with E-state index in [0.29, 0.717) is 5.15 Å². The highest BCUT2D eigenvalue weighted by Crippen LogP contribution is 2.27. The lowest BCUT2D eigenvalue weighted by atomic mass is 10.0. The van der Waals surface area contributed by atoms with Crippen LogP contribution < -0.4 is 0 Å². The van der Waals surface area contributed by atoms with Crippen LogP contribution >= 0.6 is 11.6 Å². The number of hydrogen-bond acceptors (Lipinski definition) is 2. The van der Waals surface area contributed by atoms with Crippen molar-refractivity contribution in [1.29, 1.82) is 0 Å². The summed E-state index contributed by atoms with van der Waals surface area (Å²) >= 11 is 6.00. The van der Waals surface area contributed by atoms with Crippen LogP contribution in [-0.4, -0.2) is 9.97 Å². The highest BCUT2D eigenvalue weighted by Gasteiger charge is 2.09. The van der Waals surface area contributed by atoms with Gasteiger partial charge in [-0.05, 0) is 26.3 Å². The van der Waals surface area contributed by atoms with Crippen molar-refractivity contribution in [2.24, 2.45) is 0 Å². The van der Waals surface area contributed by atoms with Crippen molar-refractivity contribution >= 4 is 11.6 Å². The molecule has 1 aromatic heterocycles. The molecule has 82 valence electrons. The lowest BCUT2D eigenvalue weighted by Crippen LogP contribution is -1.94. The number of benzene rings is 1. The molecule has 0 N–H and O–H groups in total. The van der Waals surface area contributed by atoms with E-state index >= 15 is 0 Å². The van der Waals surface area contributed by atoms with Crippen LogP contribution in [0.1, 0.15) is 16.7 Å². The summed E-state index contributed by atoms with van der Waals surface area (Å²) in [5, 5.41) is 0.518. The van der Waals surface area contributed by atoms with Gasteiger partial charge in [-0.2, -0.15) is 0 Å². The van der Waals surface area contributed by atoms with Gasteiger partial charge in [0, 0.05) is 11.1 Å². The third kappa shape index (κ3) is 1.93. The summed E-state index contributed by atoms with van der Waals surface area (Å²) in [6.45, 7) is 6.10. The number of nitrogens with zero attached hydrogens (tertiary/aromatic N) is 2. The summed E-state index contributed by atoms with van der Waals surface area (Å²) < 4.78 is 0. The molecule has 0 unspecified atom stereocenters. The Bertz CT molecular complexity index is 535. The molecule has 1 aromatic carbocycles. The van der Waals surface area contributed by atoms with Crippen LogP contribution in [0.25, 0.3) is 11.3 Å². The van der Waals surface area contributed by atoms with E-state index in [2.05, 4.69) is 42.0 Å². The van der Waals surface area contributed by atoms with Crippen LogP contribution in [0.4, 0.5) is 0 Å². The van der Waals surface area contributed by atoms with Gasteiger partial charge < -0.3 is 0 Å². The Morgan fingerprint density at radius 2 is 1.81 bits per heavy atom. The third-order valence-corrected chi connectivity index (χ3v) is 3.04. The fourth-order valence-corrected chi connectivity index (χ4v) is 1.91. The molecule has 0 bridgehead atoms. The van der Waals surface area contributed by atoms with E-state index < -0.39 is 0 Å². The van der Waals surface area contributed by atoms with Gasteiger partial charge in [0.25, 0.3) is 0 Å². The highest BCUT2D eigenvalue weighted by atomic mass is 35.5. The Morgan fingerprint density at radius 3 is 2.50 bits per heavy atom. The second-order valence-corrected chi connectivity index (χ2v) is 4.31. The zero-order valence-corrected chi connectivity index (χ0v) is 10.3. The Labute approximate surface area is 100 Å². The maximum absolute atomic E-state index is 6.00. The van der Waals surface area contributed by atoms with Gasteiger partial charge in [0.15, 0.2) is 0 Å². The molecule has 3 heteroatoms. The molecule has 0 aliphatic heterocycles. The zero-order valence-electron chi connectivity index (χ0n) is 9.58. The molecule has 0 aliphatic rings. The first kappa shape index (κ1) is 11.1. The van der Waals surface area contributed by atoms with Crippen LogP contribution in [0.3, 0.4) is 0 Å². The largest absolute Gasteiger partial charge is 0.236 e. The minimum Gasteiger partial charge on any atom is -0.236 e. The monoisotopic (exact) mass is 232 g/mol. The van der Waals surface area contributed by atoms with Crippen molar-refractivity contribution in [3.05, 3.63) is 46.4 Å². The average Bonchev–Trinajstić information content (AvgIpc) is 2.23. The first-order chi connectivity index (χ1) is 7.59. The lowest BCUT2D eigenvalue weighted by Gasteiger charge is -2.09. The Balaban J connectivity index is 2.63. The topological polar surface area (TPSA) is 25.8 Å². The second kappa shape index (κ2) is 4.22. The summed E-state index contributed by atoms with van der Waals surface area (Å²) in [7, 11) is 0. The lowest BCUT2D eigenvalue weighted by molar-refractivity contribution is 1.13. The minimum absolute atomic E-state index is 0.518. The Kier molecular flexibility index (Phi) is 2.92. The van der Waals surface area contributed by atoms with Crippen LogP contribution in [0.15, 0.2) is 24.5 Å². The molecular formula is C13H13ClN2. The molecule has 0 spiro atoms. The molecule has 16 heavy (non-hydrogen) atoms. The van der Waals surface area contributed by atoms with Crippen molar-refractivity contribution < 1.29 is 0 Å². The van der Waals surface area contributed by atoms with E-state index in [1.165, 1.54) is 17.5 Å². The maximum atomic E-state index is 6.00. The van der Waals surface area contributed by atoms with E-state index in [0.717, 1.165) is 16.8 Å². The van der Waals surface area contributed by atoms with Crippen LogP contribution in [0.2, 0.25) is 5.15 Å². The summed E-state index contributed by atoms with van der Waals surface area (Å²) in [5.74, 6) is 0. The van der Waals surface area contributed by atoms with Crippen molar-refractivity contribution in [2.75, 3.05) is 0 Å². The Morgan fingerprint density at radius 1 is 1.06 bits per heavy atom. The smallest absolute Gasteiger partial charge is 0.135 e. The SMILES string of the molecule is Cc1ccc(-c2ncnc(Cl)c2C)c(C)c1. The molecule has 0 saturated heterocycles. The maximum Gasteiger partial charge on any atom is 0.135 e. The Hall–Kier alpha value is -1.41. The molecule has 0 amide bonds. The van der Waals surface area contributed by atoms with Gasteiger partial charge in [0.05, 0.1) is 5.69 Å². The summed E-state index contributed by atoms with van der Waals surface area (Å²) in [4.78, 5) is 8.27. The molecule has 2 rings (SSSR count). The number of halogens is 1. The summed E-state index contributed by atoms with van der Waals surface area (Å²) in [5.41, 5.74) is 5.41. The van der Waals surface area contributed by atoms with E-state index in [4.69, 9.17) is 11.6 Å². The van der Waals surface area contributed by atoms with Crippen molar-refractivity contribution in [3.63, 3.8) is 0 Å². The van der Waals surface area contributed by atoms with Gasteiger partial charge >= 0.3 is 0 Å². The van der Waals surface area contributed by atoms with Crippen LogP contribution in [0, 0.1) is 20.8 Å². The first-order valence-electron chi connectivity index (χ1n) is 5.14. The van der Waals surface area contributed by atoms with Gasteiger partial charge in [0.1, 0.15) is 11.5 Å². The van der Waals surface area contributed by atoms with Gasteiger partial charge in [-0.15, -0.1) is 0 Å². The molecule has 0 radical (unpaired) electrons. The number of aryl methyl sites for hydroxylation is 2. The van der Waals surface area contributed by atoms with Crippen LogP contribution in [0.5, 0.6) is 0 Å². The molecule has 0 fully saturated rings.